The number of phenolic OH excluding ortho intramolecular Hbond substituents is 1. The van der Waals surface area contributed by atoms with Gasteiger partial charge in [0.15, 0.2) is 0 Å². The smallest absolute Gasteiger partial charge is 0.259 e. The molecule has 0 fully saturated rings. The summed E-state index contributed by atoms with van der Waals surface area (Å²) in [5.41, 5.74) is 2.06. The molecule has 1 amide bonds. The SMILES string of the molecule is Cc1ccc(C(=O)N(C)c2cccc(O)c2)c(Cl)c1. The fourth-order valence-corrected chi connectivity index (χ4v) is 2.11. The van der Waals surface area contributed by atoms with Gasteiger partial charge in [-0.3, -0.25) is 4.79 Å². The van der Waals surface area contributed by atoms with E-state index in [1.165, 1.54) is 11.0 Å². The maximum atomic E-state index is 12.3. The molecule has 0 aromatic heterocycles. The van der Waals surface area contributed by atoms with Crippen molar-refractivity contribution in [1.29, 1.82) is 0 Å². The zero-order valence-electron chi connectivity index (χ0n) is 10.7. The van der Waals surface area contributed by atoms with Crippen LogP contribution in [0.1, 0.15) is 15.9 Å². The van der Waals surface area contributed by atoms with E-state index in [9.17, 15) is 9.90 Å². The van der Waals surface area contributed by atoms with Crippen molar-refractivity contribution in [3.63, 3.8) is 0 Å². The summed E-state index contributed by atoms with van der Waals surface area (Å²) in [6.45, 7) is 1.92. The van der Waals surface area contributed by atoms with Gasteiger partial charge in [-0.2, -0.15) is 0 Å². The number of carbonyl (C=O) groups excluding carboxylic acids is 1. The average molecular weight is 276 g/mol. The van der Waals surface area contributed by atoms with Crippen molar-refractivity contribution in [2.75, 3.05) is 11.9 Å². The number of benzene rings is 2. The number of hydrogen-bond donors (Lipinski definition) is 1. The molecule has 19 heavy (non-hydrogen) atoms. The summed E-state index contributed by atoms with van der Waals surface area (Å²) < 4.78 is 0. The largest absolute Gasteiger partial charge is 0.508 e. The molecule has 0 aliphatic heterocycles. The van der Waals surface area contributed by atoms with Gasteiger partial charge in [-0.25, -0.2) is 0 Å². The van der Waals surface area contributed by atoms with Crippen LogP contribution in [0.5, 0.6) is 5.75 Å². The third-order valence-corrected chi connectivity index (χ3v) is 3.19. The molecule has 0 saturated heterocycles. The van der Waals surface area contributed by atoms with E-state index in [0.717, 1.165) is 5.56 Å². The third kappa shape index (κ3) is 2.88. The normalized spacial score (nSPS) is 10.3. The fraction of sp³-hybridized carbons (Fsp3) is 0.133. The van der Waals surface area contributed by atoms with Crippen LogP contribution in [0, 0.1) is 6.92 Å². The highest BCUT2D eigenvalue weighted by molar-refractivity contribution is 6.34. The Morgan fingerprint density at radius 2 is 1.95 bits per heavy atom. The number of halogens is 1. The Hall–Kier alpha value is -2.00. The lowest BCUT2D eigenvalue weighted by Crippen LogP contribution is -2.26. The van der Waals surface area contributed by atoms with Gasteiger partial charge < -0.3 is 10.0 Å². The number of aryl methyl sites for hydroxylation is 1. The summed E-state index contributed by atoms with van der Waals surface area (Å²) in [6.07, 6.45) is 0. The van der Waals surface area contributed by atoms with Crippen LogP contribution in [0.15, 0.2) is 42.5 Å². The van der Waals surface area contributed by atoms with Crippen molar-refractivity contribution in [1.82, 2.24) is 0 Å². The minimum absolute atomic E-state index is 0.118. The van der Waals surface area contributed by atoms with Gasteiger partial charge in [-0.1, -0.05) is 23.7 Å². The Kier molecular flexibility index (Phi) is 3.76. The molecule has 0 radical (unpaired) electrons. The van der Waals surface area contributed by atoms with E-state index in [-0.39, 0.29) is 11.7 Å². The zero-order valence-corrected chi connectivity index (χ0v) is 11.5. The first kappa shape index (κ1) is 13.4. The van der Waals surface area contributed by atoms with Gasteiger partial charge in [-0.15, -0.1) is 0 Å². The molecule has 0 heterocycles. The quantitative estimate of drug-likeness (QED) is 0.909. The molecule has 3 nitrogen and oxygen atoms in total. The topological polar surface area (TPSA) is 40.5 Å². The van der Waals surface area contributed by atoms with Gasteiger partial charge in [0.1, 0.15) is 5.75 Å². The lowest BCUT2D eigenvalue weighted by molar-refractivity contribution is 0.0993. The third-order valence-electron chi connectivity index (χ3n) is 2.88. The molecule has 2 rings (SSSR count). The number of aromatic hydroxyl groups is 1. The number of hydrogen-bond acceptors (Lipinski definition) is 2. The minimum atomic E-state index is -0.212. The van der Waals surface area contributed by atoms with E-state index in [0.29, 0.717) is 16.3 Å². The van der Waals surface area contributed by atoms with Crippen molar-refractivity contribution in [2.24, 2.45) is 0 Å². The molecule has 4 heteroatoms. The Morgan fingerprint density at radius 1 is 1.21 bits per heavy atom. The highest BCUT2D eigenvalue weighted by atomic mass is 35.5. The van der Waals surface area contributed by atoms with Crippen LogP contribution in [0.25, 0.3) is 0 Å². The lowest BCUT2D eigenvalue weighted by Gasteiger charge is -2.18. The van der Waals surface area contributed by atoms with E-state index in [1.54, 1.807) is 37.4 Å². The maximum absolute atomic E-state index is 12.3. The van der Waals surface area contributed by atoms with Crippen LogP contribution < -0.4 is 4.90 Å². The monoisotopic (exact) mass is 275 g/mol. The summed E-state index contributed by atoms with van der Waals surface area (Å²) in [5, 5.41) is 9.87. The summed E-state index contributed by atoms with van der Waals surface area (Å²) in [4.78, 5) is 13.8. The Morgan fingerprint density at radius 3 is 2.58 bits per heavy atom. The van der Waals surface area contributed by atoms with Gasteiger partial charge in [0.25, 0.3) is 5.91 Å². The highest BCUT2D eigenvalue weighted by Crippen LogP contribution is 2.24. The molecule has 0 spiro atoms. The van der Waals surface area contributed by atoms with Gasteiger partial charge >= 0.3 is 0 Å². The Labute approximate surface area is 117 Å². The second kappa shape index (κ2) is 5.33. The number of nitrogens with zero attached hydrogens (tertiary/aromatic N) is 1. The molecule has 2 aromatic rings. The van der Waals surface area contributed by atoms with E-state index in [4.69, 9.17) is 11.6 Å². The average Bonchev–Trinajstić information content (AvgIpc) is 2.37. The van der Waals surface area contributed by atoms with Crippen LogP contribution in [-0.2, 0) is 0 Å². The molecular weight excluding hydrogens is 262 g/mol. The molecule has 0 unspecified atom stereocenters. The first-order valence-corrected chi connectivity index (χ1v) is 6.20. The van der Waals surface area contributed by atoms with Crippen molar-refractivity contribution in [3.8, 4) is 5.75 Å². The molecule has 98 valence electrons. The molecule has 0 aliphatic carbocycles. The second-order valence-electron chi connectivity index (χ2n) is 4.37. The summed E-state index contributed by atoms with van der Waals surface area (Å²) in [5.74, 6) is -0.0947. The standard InChI is InChI=1S/C15H14ClNO2/c1-10-6-7-13(14(16)8-10)15(19)17(2)11-4-3-5-12(18)9-11/h3-9,18H,1-2H3. The van der Waals surface area contributed by atoms with Crippen LogP contribution >= 0.6 is 11.6 Å². The van der Waals surface area contributed by atoms with Gasteiger partial charge in [0, 0.05) is 18.8 Å². The number of carbonyl (C=O) groups is 1. The number of phenols is 1. The molecule has 0 saturated carbocycles. The van der Waals surface area contributed by atoms with Crippen molar-refractivity contribution in [2.45, 2.75) is 6.92 Å². The van der Waals surface area contributed by atoms with Crippen molar-refractivity contribution >= 4 is 23.2 Å². The lowest BCUT2D eigenvalue weighted by atomic mass is 10.1. The second-order valence-corrected chi connectivity index (χ2v) is 4.77. The molecule has 0 bridgehead atoms. The molecule has 0 aliphatic rings. The van der Waals surface area contributed by atoms with Crippen molar-refractivity contribution in [3.05, 3.63) is 58.6 Å². The Bertz CT molecular complexity index is 625. The predicted molar refractivity (Wildman–Crippen MR) is 77.0 cm³/mol. The molecule has 2 aromatic carbocycles. The van der Waals surface area contributed by atoms with Crippen LogP contribution in [0.4, 0.5) is 5.69 Å². The van der Waals surface area contributed by atoms with Gasteiger partial charge in [0.2, 0.25) is 0 Å². The highest BCUT2D eigenvalue weighted by Gasteiger charge is 2.16. The zero-order chi connectivity index (χ0) is 14.0. The van der Waals surface area contributed by atoms with Crippen LogP contribution in [0.3, 0.4) is 0 Å². The van der Waals surface area contributed by atoms with Crippen LogP contribution in [0.2, 0.25) is 5.02 Å². The van der Waals surface area contributed by atoms with Crippen molar-refractivity contribution < 1.29 is 9.90 Å². The van der Waals surface area contributed by atoms with Gasteiger partial charge in [0.05, 0.1) is 10.6 Å². The summed E-state index contributed by atoms with van der Waals surface area (Å²) >= 11 is 6.09. The molecule has 1 N–H and O–H groups in total. The molecular formula is C15H14ClNO2. The Balaban J connectivity index is 2.33. The van der Waals surface area contributed by atoms with E-state index >= 15 is 0 Å². The van der Waals surface area contributed by atoms with Gasteiger partial charge in [-0.05, 0) is 36.8 Å². The first-order chi connectivity index (χ1) is 8.99. The first-order valence-electron chi connectivity index (χ1n) is 5.82. The minimum Gasteiger partial charge on any atom is -0.508 e. The fourth-order valence-electron chi connectivity index (χ4n) is 1.79. The molecule has 0 atom stereocenters. The number of amides is 1. The van der Waals surface area contributed by atoms with Crippen LogP contribution in [-0.4, -0.2) is 18.1 Å². The van der Waals surface area contributed by atoms with E-state index < -0.39 is 0 Å². The van der Waals surface area contributed by atoms with E-state index in [1.807, 2.05) is 13.0 Å². The number of rotatable bonds is 2. The predicted octanol–water partition coefficient (Wildman–Crippen LogP) is 3.63. The summed E-state index contributed by atoms with van der Waals surface area (Å²) in [7, 11) is 1.65. The summed E-state index contributed by atoms with van der Waals surface area (Å²) in [6, 6.07) is 11.8. The number of anilines is 1. The van der Waals surface area contributed by atoms with E-state index in [2.05, 4.69) is 0 Å². The maximum Gasteiger partial charge on any atom is 0.259 e.